The van der Waals surface area contributed by atoms with Gasteiger partial charge in [0.2, 0.25) is 0 Å². The van der Waals surface area contributed by atoms with Gasteiger partial charge in [0.1, 0.15) is 11.5 Å². The number of hydrogen-bond donors (Lipinski definition) is 1. The summed E-state index contributed by atoms with van der Waals surface area (Å²) in [7, 11) is 1.48. The summed E-state index contributed by atoms with van der Waals surface area (Å²) < 4.78 is 5.23. The van der Waals surface area contributed by atoms with Crippen molar-refractivity contribution in [2.45, 2.75) is 13.0 Å². The average molecular weight is 503 g/mol. The van der Waals surface area contributed by atoms with E-state index in [1.807, 2.05) is 19.1 Å². The summed E-state index contributed by atoms with van der Waals surface area (Å²) in [6, 6.07) is 15.8. The van der Waals surface area contributed by atoms with E-state index in [0.29, 0.717) is 22.0 Å². The van der Waals surface area contributed by atoms with Gasteiger partial charge in [-0.05, 0) is 54.4 Å². The Kier molecular flexibility index (Phi) is 6.39. The number of carbonyl (C=O) groups excluding carboxylic acids is 2. The smallest absolute Gasteiger partial charge is 0.300 e. The van der Waals surface area contributed by atoms with Crippen molar-refractivity contribution >= 4 is 57.9 Å². The van der Waals surface area contributed by atoms with Crippen LogP contribution in [0, 0.1) is 6.92 Å². The van der Waals surface area contributed by atoms with Gasteiger partial charge in [-0.15, -0.1) is 0 Å². The first-order chi connectivity index (χ1) is 15.7. The maximum atomic E-state index is 13.3. The van der Waals surface area contributed by atoms with Crippen LogP contribution in [0.5, 0.6) is 5.75 Å². The van der Waals surface area contributed by atoms with Crippen molar-refractivity contribution in [1.82, 2.24) is 0 Å². The molecule has 0 aromatic heterocycles. The van der Waals surface area contributed by atoms with Crippen LogP contribution in [0.15, 0.2) is 66.2 Å². The summed E-state index contributed by atoms with van der Waals surface area (Å²) in [6.45, 7) is 1.86. The Morgan fingerprint density at radius 3 is 2.30 bits per heavy atom. The van der Waals surface area contributed by atoms with Gasteiger partial charge < -0.3 is 9.84 Å². The van der Waals surface area contributed by atoms with E-state index >= 15 is 0 Å². The molecule has 1 amide bonds. The van der Waals surface area contributed by atoms with Gasteiger partial charge in [-0.3, -0.25) is 14.5 Å². The molecule has 1 aliphatic rings. The number of carbonyl (C=O) groups is 2. The third-order valence-corrected chi connectivity index (χ3v) is 6.61. The first-order valence-electron chi connectivity index (χ1n) is 9.90. The van der Waals surface area contributed by atoms with E-state index in [1.165, 1.54) is 24.1 Å². The number of nitrogens with zero attached hydrogens (tertiary/aromatic N) is 1. The van der Waals surface area contributed by atoms with Crippen molar-refractivity contribution in [2.24, 2.45) is 0 Å². The molecule has 0 spiro atoms. The molecule has 1 aliphatic heterocycles. The Labute approximate surface area is 205 Å². The SMILES string of the molecule is COc1ccc(Cl)c(/C(O)=C2\C(=O)C(=O)N(c3ccc(Cl)c(Cl)c3)C2c2ccccc2C)c1. The molecule has 1 unspecified atom stereocenters. The number of aliphatic hydroxyl groups is 1. The number of aliphatic hydroxyl groups excluding tert-OH is 1. The lowest BCUT2D eigenvalue weighted by atomic mass is 9.92. The third-order valence-electron chi connectivity index (χ3n) is 5.54. The number of rotatable bonds is 4. The maximum absolute atomic E-state index is 13.3. The largest absolute Gasteiger partial charge is 0.507 e. The van der Waals surface area contributed by atoms with Crippen molar-refractivity contribution in [3.8, 4) is 5.75 Å². The van der Waals surface area contributed by atoms with E-state index in [0.717, 1.165) is 5.56 Å². The van der Waals surface area contributed by atoms with Gasteiger partial charge in [0.15, 0.2) is 0 Å². The van der Waals surface area contributed by atoms with E-state index < -0.39 is 23.5 Å². The minimum absolute atomic E-state index is 0.0875. The molecule has 33 heavy (non-hydrogen) atoms. The van der Waals surface area contributed by atoms with Crippen molar-refractivity contribution in [1.29, 1.82) is 0 Å². The Hall–Kier alpha value is -2.99. The van der Waals surface area contributed by atoms with Crippen molar-refractivity contribution in [3.05, 3.63) is 98.0 Å². The van der Waals surface area contributed by atoms with E-state index in [2.05, 4.69) is 0 Å². The highest BCUT2D eigenvalue weighted by Crippen LogP contribution is 2.45. The van der Waals surface area contributed by atoms with Gasteiger partial charge in [0.25, 0.3) is 11.7 Å². The molecule has 0 aliphatic carbocycles. The standard InChI is InChI=1S/C25H18Cl3NO4/c1-13-5-3-4-6-16(13)22-21(23(30)17-12-15(33-2)8-10-18(17)26)24(31)25(32)29(22)14-7-9-19(27)20(28)11-14/h3-12,22,30H,1-2H3/b23-21+. The zero-order chi connectivity index (χ0) is 23.9. The molecule has 1 atom stereocenters. The Morgan fingerprint density at radius 2 is 1.64 bits per heavy atom. The topological polar surface area (TPSA) is 66.8 Å². The molecule has 1 heterocycles. The average Bonchev–Trinajstić information content (AvgIpc) is 3.06. The van der Waals surface area contributed by atoms with Crippen LogP contribution < -0.4 is 9.64 Å². The second-order valence-corrected chi connectivity index (χ2v) is 8.69. The highest BCUT2D eigenvalue weighted by molar-refractivity contribution is 6.52. The Bertz CT molecular complexity index is 1320. The summed E-state index contributed by atoms with van der Waals surface area (Å²) in [5.74, 6) is -1.60. The molecule has 4 rings (SSSR count). The summed E-state index contributed by atoms with van der Waals surface area (Å²) >= 11 is 18.6. The Morgan fingerprint density at radius 1 is 0.939 bits per heavy atom. The molecule has 0 bridgehead atoms. The number of ether oxygens (including phenoxy) is 1. The van der Waals surface area contributed by atoms with Gasteiger partial charge in [-0.25, -0.2) is 0 Å². The van der Waals surface area contributed by atoms with Gasteiger partial charge >= 0.3 is 0 Å². The van der Waals surface area contributed by atoms with Crippen LogP contribution in [0.1, 0.15) is 22.7 Å². The van der Waals surface area contributed by atoms with Gasteiger partial charge in [0.05, 0.1) is 33.8 Å². The number of hydrogen-bond acceptors (Lipinski definition) is 4. The zero-order valence-electron chi connectivity index (χ0n) is 17.6. The number of methoxy groups -OCH3 is 1. The predicted molar refractivity (Wildman–Crippen MR) is 130 cm³/mol. The molecule has 0 saturated carbocycles. The molecule has 8 heteroatoms. The summed E-state index contributed by atoms with van der Waals surface area (Å²) in [5.41, 5.74) is 1.97. The summed E-state index contributed by atoms with van der Waals surface area (Å²) in [4.78, 5) is 27.8. The lowest BCUT2D eigenvalue weighted by Crippen LogP contribution is -2.29. The molecule has 5 nitrogen and oxygen atoms in total. The van der Waals surface area contributed by atoms with Crippen LogP contribution in [0.4, 0.5) is 5.69 Å². The second-order valence-electron chi connectivity index (χ2n) is 7.47. The number of halogens is 3. The minimum Gasteiger partial charge on any atom is -0.507 e. The highest BCUT2D eigenvalue weighted by Gasteiger charge is 2.47. The van der Waals surface area contributed by atoms with Gasteiger partial charge in [-0.2, -0.15) is 0 Å². The van der Waals surface area contributed by atoms with Gasteiger partial charge in [0, 0.05) is 11.3 Å². The van der Waals surface area contributed by atoms with Crippen LogP contribution >= 0.6 is 34.8 Å². The number of Topliss-reactive ketones (excluding diaryl/α,β-unsaturated/α-hetero) is 1. The molecule has 168 valence electrons. The lowest BCUT2D eigenvalue weighted by molar-refractivity contribution is -0.132. The van der Waals surface area contributed by atoms with Crippen molar-refractivity contribution < 1.29 is 19.4 Å². The lowest BCUT2D eigenvalue weighted by Gasteiger charge is -2.27. The zero-order valence-corrected chi connectivity index (χ0v) is 19.9. The molecule has 3 aromatic carbocycles. The number of benzene rings is 3. The van der Waals surface area contributed by atoms with Crippen LogP contribution in [-0.2, 0) is 9.59 Å². The number of anilines is 1. The highest BCUT2D eigenvalue weighted by atomic mass is 35.5. The second kappa shape index (κ2) is 9.10. The summed E-state index contributed by atoms with van der Waals surface area (Å²) in [6.07, 6.45) is 0. The normalized spacial score (nSPS) is 17.5. The third kappa shape index (κ3) is 4.08. The summed E-state index contributed by atoms with van der Waals surface area (Å²) in [5, 5.41) is 12.0. The van der Waals surface area contributed by atoms with Crippen LogP contribution in [0.2, 0.25) is 15.1 Å². The van der Waals surface area contributed by atoms with Crippen molar-refractivity contribution in [2.75, 3.05) is 12.0 Å². The van der Waals surface area contributed by atoms with Gasteiger partial charge in [-0.1, -0.05) is 59.1 Å². The minimum atomic E-state index is -0.911. The molecule has 3 aromatic rings. The fourth-order valence-corrected chi connectivity index (χ4v) is 4.38. The van der Waals surface area contributed by atoms with E-state index in [-0.39, 0.29) is 21.2 Å². The Balaban J connectivity index is 2.01. The van der Waals surface area contributed by atoms with Crippen LogP contribution in [0.3, 0.4) is 0 Å². The molecule has 1 fully saturated rings. The fraction of sp³-hybridized carbons (Fsp3) is 0.120. The first-order valence-corrected chi connectivity index (χ1v) is 11.0. The number of ketones is 1. The number of aryl methyl sites for hydroxylation is 1. The van der Waals surface area contributed by atoms with E-state index in [9.17, 15) is 14.7 Å². The van der Waals surface area contributed by atoms with Crippen LogP contribution in [-0.4, -0.2) is 23.9 Å². The number of amides is 1. The molecule has 0 radical (unpaired) electrons. The van der Waals surface area contributed by atoms with Crippen LogP contribution in [0.25, 0.3) is 5.76 Å². The maximum Gasteiger partial charge on any atom is 0.300 e. The molecular formula is C25H18Cl3NO4. The first kappa shape index (κ1) is 23.2. The quantitative estimate of drug-likeness (QED) is 0.248. The molecular weight excluding hydrogens is 485 g/mol. The van der Waals surface area contributed by atoms with E-state index in [1.54, 1.807) is 36.4 Å². The predicted octanol–water partition coefficient (Wildman–Crippen LogP) is 6.59. The fourth-order valence-electron chi connectivity index (χ4n) is 3.88. The monoisotopic (exact) mass is 501 g/mol. The van der Waals surface area contributed by atoms with E-state index in [4.69, 9.17) is 39.5 Å². The molecule has 1 saturated heterocycles. The van der Waals surface area contributed by atoms with Crippen molar-refractivity contribution in [3.63, 3.8) is 0 Å². The molecule has 1 N–H and O–H groups in total.